The zero-order chi connectivity index (χ0) is 18.2. The van der Waals surface area contributed by atoms with Crippen molar-refractivity contribution < 1.29 is 4.79 Å². The molecule has 0 spiro atoms. The van der Waals surface area contributed by atoms with Crippen molar-refractivity contribution in [3.63, 3.8) is 0 Å². The van der Waals surface area contributed by atoms with E-state index in [-0.39, 0.29) is 11.8 Å². The van der Waals surface area contributed by atoms with Crippen molar-refractivity contribution in [2.45, 2.75) is 18.8 Å². The Hall–Kier alpha value is -2.65. The largest absolute Gasteiger partial charge is 0.356 e. The van der Waals surface area contributed by atoms with Crippen LogP contribution in [0.5, 0.6) is 0 Å². The van der Waals surface area contributed by atoms with Crippen molar-refractivity contribution in [2.75, 3.05) is 6.54 Å². The highest BCUT2D eigenvalue weighted by atomic mass is 35.5. The van der Waals surface area contributed by atoms with Crippen molar-refractivity contribution in [1.82, 2.24) is 10.3 Å². The van der Waals surface area contributed by atoms with Gasteiger partial charge in [0.25, 0.3) is 0 Å². The zero-order valence-electron chi connectivity index (χ0n) is 14.4. The van der Waals surface area contributed by atoms with Crippen LogP contribution >= 0.6 is 11.6 Å². The third kappa shape index (κ3) is 5.17. The maximum absolute atomic E-state index is 12.5. The van der Waals surface area contributed by atoms with E-state index in [1.807, 2.05) is 60.8 Å². The molecule has 26 heavy (non-hydrogen) atoms. The van der Waals surface area contributed by atoms with Gasteiger partial charge in [0.2, 0.25) is 5.91 Å². The molecule has 1 unspecified atom stereocenters. The first-order chi connectivity index (χ1) is 12.7. The van der Waals surface area contributed by atoms with Crippen LogP contribution in [0.4, 0.5) is 0 Å². The molecule has 3 rings (SSSR count). The summed E-state index contributed by atoms with van der Waals surface area (Å²) in [7, 11) is 0. The summed E-state index contributed by atoms with van der Waals surface area (Å²) in [5.74, 6) is 0.0102. The molecule has 1 heterocycles. The molecule has 4 heteroatoms. The maximum Gasteiger partial charge on any atom is 0.220 e. The van der Waals surface area contributed by atoms with Gasteiger partial charge in [0.15, 0.2) is 0 Å². The molecule has 1 N–H and O–H groups in total. The SMILES string of the molecule is O=C(CC(c1ccccc1)c1cccc(Cl)c1)NCCc1cccnc1. The molecular formula is C22H21ClN2O. The van der Waals surface area contributed by atoms with Gasteiger partial charge in [0.05, 0.1) is 0 Å². The smallest absolute Gasteiger partial charge is 0.220 e. The first-order valence-corrected chi connectivity index (χ1v) is 9.06. The van der Waals surface area contributed by atoms with Gasteiger partial charge in [-0.05, 0) is 41.3 Å². The Morgan fingerprint density at radius 2 is 1.81 bits per heavy atom. The minimum absolute atomic E-state index is 0.0201. The molecule has 3 aromatic rings. The van der Waals surface area contributed by atoms with Crippen LogP contribution in [0.3, 0.4) is 0 Å². The number of hydrogen-bond donors (Lipinski definition) is 1. The molecular weight excluding hydrogens is 344 g/mol. The van der Waals surface area contributed by atoms with Gasteiger partial charge in [0, 0.05) is 36.3 Å². The second kappa shape index (κ2) is 9.16. The summed E-state index contributed by atoms with van der Waals surface area (Å²) in [6.07, 6.45) is 4.73. The molecule has 1 aromatic heterocycles. The van der Waals surface area contributed by atoms with Crippen LogP contribution in [0, 0.1) is 0 Å². The van der Waals surface area contributed by atoms with Crippen molar-refractivity contribution in [2.24, 2.45) is 0 Å². The summed E-state index contributed by atoms with van der Waals surface area (Å²) in [6.45, 7) is 0.599. The van der Waals surface area contributed by atoms with Crippen LogP contribution in [0.2, 0.25) is 5.02 Å². The Balaban J connectivity index is 1.66. The van der Waals surface area contributed by atoms with Gasteiger partial charge >= 0.3 is 0 Å². The lowest BCUT2D eigenvalue weighted by molar-refractivity contribution is -0.121. The van der Waals surface area contributed by atoms with E-state index in [2.05, 4.69) is 22.4 Å². The Kier molecular flexibility index (Phi) is 6.39. The van der Waals surface area contributed by atoms with Crippen molar-refractivity contribution in [3.8, 4) is 0 Å². The van der Waals surface area contributed by atoms with E-state index in [4.69, 9.17) is 11.6 Å². The Bertz CT molecular complexity index is 837. The van der Waals surface area contributed by atoms with E-state index in [9.17, 15) is 4.79 Å². The number of carbonyl (C=O) groups is 1. The van der Waals surface area contributed by atoms with E-state index >= 15 is 0 Å². The molecule has 0 saturated carbocycles. The average molecular weight is 365 g/mol. The molecule has 1 amide bonds. The van der Waals surface area contributed by atoms with Crippen LogP contribution in [-0.2, 0) is 11.2 Å². The van der Waals surface area contributed by atoms with E-state index < -0.39 is 0 Å². The number of carbonyl (C=O) groups excluding carboxylic acids is 1. The molecule has 0 aliphatic heterocycles. The predicted octanol–water partition coefficient (Wildman–Crippen LogP) is 4.62. The van der Waals surface area contributed by atoms with Crippen LogP contribution in [0.15, 0.2) is 79.1 Å². The number of amides is 1. The highest BCUT2D eigenvalue weighted by molar-refractivity contribution is 6.30. The molecule has 2 aromatic carbocycles. The summed E-state index contributed by atoms with van der Waals surface area (Å²) in [5.41, 5.74) is 3.27. The summed E-state index contributed by atoms with van der Waals surface area (Å²) in [4.78, 5) is 16.6. The van der Waals surface area contributed by atoms with E-state index in [1.54, 1.807) is 6.20 Å². The molecule has 3 nitrogen and oxygen atoms in total. The number of halogens is 1. The molecule has 0 fully saturated rings. The fraction of sp³-hybridized carbons (Fsp3) is 0.182. The topological polar surface area (TPSA) is 42.0 Å². The summed E-state index contributed by atoms with van der Waals surface area (Å²) < 4.78 is 0. The average Bonchev–Trinajstić information content (AvgIpc) is 2.68. The van der Waals surface area contributed by atoms with Gasteiger partial charge < -0.3 is 5.32 Å². The van der Waals surface area contributed by atoms with Gasteiger partial charge in [-0.15, -0.1) is 0 Å². The molecule has 0 aliphatic carbocycles. The fourth-order valence-electron chi connectivity index (χ4n) is 2.99. The molecule has 0 radical (unpaired) electrons. The lowest BCUT2D eigenvalue weighted by atomic mass is 9.88. The monoisotopic (exact) mass is 364 g/mol. The van der Waals surface area contributed by atoms with Gasteiger partial charge in [-0.3, -0.25) is 9.78 Å². The summed E-state index contributed by atoms with van der Waals surface area (Å²) in [6, 6.07) is 21.7. The van der Waals surface area contributed by atoms with E-state index in [1.165, 1.54) is 0 Å². The van der Waals surface area contributed by atoms with Gasteiger partial charge in [-0.1, -0.05) is 60.1 Å². The fourth-order valence-corrected chi connectivity index (χ4v) is 3.19. The van der Waals surface area contributed by atoms with E-state index in [0.29, 0.717) is 18.0 Å². The summed E-state index contributed by atoms with van der Waals surface area (Å²) in [5, 5.41) is 3.70. The molecule has 132 valence electrons. The Labute approximate surface area is 159 Å². The minimum Gasteiger partial charge on any atom is -0.356 e. The number of hydrogen-bond acceptors (Lipinski definition) is 2. The Morgan fingerprint density at radius 1 is 1.00 bits per heavy atom. The second-order valence-corrected chi connectivity index (χ2v) is 6.62. The molecule has 1 atom stereocenters. The first kappa shape index (κ1) is 18.2. The molecule has 0 bridgehead atoms. The number of benzene rings is 2. The number of pyridine rings is 1. The number of nitrogens with zero attached hydrogens (tertiary/aromatic N) is 1. The number of aromatic nitrogens is 1. The van der Waals surface area contributed by atoms with E-state index in [0.717, 1.165) is 23.1 Å². The zero-order valence-corrected chi connectivity index (χ0v) is 15.2. The molecule has 0 saturated heterocycles. The van der Waals surface area contributed by atoms with Crippen molar-refractivity contribution in [1.29, 1.82) is 0 Å². The normalized spacial score (nSPS) is 11.7. The van der Waals surface area contributed by atoms with Crippen LogP contribution in [0.1, 0.15) is 29.0 Å². The number of nitrogens with one attached hydrogen (secondary N) is 1. The third-order valence-corrected chi connectivity index (χ3v) is 4.54. The van der Waals surface area contributed by atoms with Gasteiger partial charge in [0.1, 0.15) is 0 Å². The van der Waals surface area contributed by atoms with Gasteiger partial charge in [-0.2, -0.15) is 0 Å². The maximum atomic E-state index is 12.5. The summed E-state index contributed by atoms with van der Waals surface area (Å²) >= 11 is 6.16. The van der Waals surface area contributed by atoms with Crippen LogP contribution < -0.4 is 5.32 Å². The standard InChI is InChI=1S/C22H21ClN2O/c23-20-10-4-9-19(14-20)21(18-7-2-1-3-8-18)15-22(26)25-13-11-17-6-5-12-24-16-17/h1-10,12,14,16,21H,11,13,15H2,(H,25,26). The highest BCUT2D eigenvalue weighted by Gasteiger charge is 2.18. The quantitative estimate of drug-likeness (QED) is 0.664. The minimum atomic E-state index is -0.0201. The third-order valence-electron chi connectivity index (χ3n) is 4.30. The molecule has 0 aliphatic rings. The van der Waals surface area contributed by atoms with Crippen LogP contribution in [-0.4, -0.2) is 17.4 Å². The van der Waals surface area contributed by atoms with Crippen molar-refractivity contribution >= 4 is 17.5 Å². The Morgan fingerprint density at radius 3 is 2.54 bits per heavy atom. The number of rotatable bonds is 7. The second-order valence-electron chi connectivity index (χ2n) is 6.18. The lowest BCUT2D eigenvalue weighted by Crippen LogP contribution is -2.27. The van der Waals surface area contributed by atoms with Crippen molar-refractivity contribution in [3.05, 3.63) is 101 Å². The van der Waals surface area contributed by atoms with Gasteiger partial charge in [-0.25, -0.2) is 0 Å². The first-order valence-electron chi connectivity index (χ1n) is 8.68. The lowest BCUT2D eigenvalue weighted by Gasteiger charge is -2.18. The van der Waals surface area contributed by atoms with Crippen LogP contribution in [0.25, 0.3) is 0 Å². The predicted molar refractivity (Wildman–Crippen MR) is 105 cm³/mol. The highest BCUT2D eigenvalue weighted by Crippen LogP contribution is 2.29.